The molecule has 0 aromatic heterocycles. The Morgan fingerprint density at radius 3 is 2.12 bits per heavy atom. The number of carbonyl (C=O) groups excluding carboxylic acids is 2. The number of unbranched alkanes of at least 4 members (excludes halogenated alkanes) is 3. The van der Waals surface area contributed by atoms with Crippen molar-refractivity contribution >= 4 is 43.6 Å². The summed E-state index contributed by atoms with van der Waals surface area (Å²) in [4.78, 5) is 23.4. The Bertz CT molecular complexity index is 485. The molecule has 0 rings (SSSR count). The first-order valence-corrected chi connectivity index (χ1v) is 11.7. The number of esters is 1. The van der Waals surface area contributed by atoms with Crippen LogP contribution in [0.5, 0.6) is 0 Å². The first-order valence-electron chi connectivity index (χ1n) is 7.65. The SMILES string of the molecule is CCCCCCOC(=O)CN(CP(=O)(OSC)OSC)C(=O)C(F)(F)F. The third kappa shape index (κ3) is 10.7. The van der Waals surface area contributed by atoms with Crippen LogP contribution in [0.4, 0.5) is 13.2 Å². The van der Waals surface area contributed by atoms with Crippen LogP contribution in [-0.4, -0.2) is 54.9 Å². The van der Waals surface area contributed by atoms with Crippen molar-refractivity contribution in [3.63, 3.8) is 0 Å². The molecule has 0 aromatic carbocycles. The third-order valence-corrected chi connectivity index (χ3v) is 6.53. The lowest BCUT2D eigenvalue weighted by Crippen LogP contribution is -2.44. The van der Waals surface area contributed by atoms with Crippen molar-refractivity contribution in [3.8, 4) is 0 Å². The molecule has 154 valence electrons. The lowest BCUT2D eigenvalue weighted by molar-refractivity contribution is -0.186. The number of alkyl halides is 3. The summed E-state index contributed by atoms with van der Waals surface area (Å²) in [6.07, 6.45) is -0.209. The molecule has 0 unspecified atom stereocenters. The number of carbonyl (C=O) groups is 2. The van der Waals surface area contributed by atoms with Gasteiger partial charge in [-0.25, -0.2) is 7.94 Å². The van der Waals surface area contributed by atoms with E-state index in [4.69, 9.17) is 12.7 Å². The van der Waals surface area contributed by atoms with Crippen LogP contribution in [0.2, 0.25) is 0 Å². The molecule has 0 fully saturated rings. The number of hydrogen-bond donors (Lipinski definition) is 0. The van der Waals surface area contributed by atoms with Crippen LogP contribution in [-0.2, 0) is 26.8 Å². The van der Waals surface area contributed by atoms with Crippen LogP contribution in [0.1, 0.15) is 32.6 Å². The second-order valence-electron chi connectivity index (χ2n) is 5.02. The monoisotopic (exact) mass is 441 g/mol. The van der Waals surface area contributed by atoms with Gasteiger partial charge in [0.05, 0.1) is 6.61 Å². The van der Waals surface area contributed by atoms with Crippen LogP contribution in [0, 0.1) is 0 Å². The molecule has 0 atom stereocenters. The van der Waals surface area contributed by atoms with Gasteiger partial charge < -0.3 is 9.64 Å². The van der Waals surface area contributed by atoms with Gasteiger partial charge in [-0.05, 0) is 30.5 Å². The molecule has 13 heteroatoms. The van der Waals surface area contributed by atoms with E-state index in [0.29, 0.717) is 30.5 Å². The molecular formula is C13H23F3NO6PS2. The molecule has 0 N–H and O–H groups in total. The van der Waals surface area contributed by atoms with E-state index in [2.05, 4.69) is 0 Å². The average Bonchev–Trinajstić information content (AvgIpc) is 2.52. The lowest BCUT2D eigenvalue weighted by Gasteiger charge is -2.25. The quantitative estimate of drug-likeness (QED) is 0.182. The highest BCUT2D eigenvalue weighted by Gasteiger charge is 2.46. The van der Waals surface area contributed by atoms with Crippen molar-refractivity contribution in [2.24, 2.45) is 0 Å². The predicted octanol–water partition coefficient (Wildman–Crippen LogP) is 4.24. The molecular weight excluding hydrogens is 418 g/mol. The van der Waals surface area contributed by atoms with Gasteiger partial charge in [-0.3, -0.25) is 14.2 Å². The van der Waals surface area contributed by atoms with Crippen molar-refractivity contribution in [3.05, 3.63) is 0 Å². The van der Waals surface area contributed by atoms with Gasteiger partial charge in [0.25, 0.3) is 0 Å². The highest BCUT2D eigenvalue weighted by molar-refractivity contribution is 8.01. The lowest BCUT2D eigenvalue weighted by atomic mass is 10.2. The van der Waals surface area contributed by atoms with Crippen molar-refractivity contribution in [1.29, 1.82) is 0 Å². The van der Waals surface area contributed by atoms with Gasteiger partial charge in [0.2, 0.25) is 0 Å². The van der Waals surface area contributed by atoms with Gasteiger partial charge in [0.1, 0.15) is 12.8 Å². The Labute approximate surface area is 159 Å². The average molecular weight is 441 g/mol. The first kappa shape index (κ1) is 25.6. The van der Waals surface area contributed by atoms with Gasteiger partial charge in [0, 0.05) is 12.5 Å². The predicted molar refractivity (Wildman–Crippen MR) is 94.5 cm³/mol. The minimum absolute atomic E-state index is 0.0349. The zero-order valence-electron chi connectivity index (χ0n) is 14.7. The summed E-state index contributed by atoms with van der Waals surface area (Å²) in [5.41, 5.74) is 0. The second-order valence-corrected chi connectivity index (χ2v) is 8.38. The molecule has 1 amide bonds. The van der Waals surface area contributed by atoms with E-state index in [1.54, 1.807) is 0 Å². The highest BCUT2D eigenvalue weighted by Crippen LogP contribution is 2.54. The maximum absolute atomic E-state index is 12.8. The van der Waals surface area contributed by atoms with Crippen molar-refractivity contribution in [2.75, 3.05) is 31.9 Å². The van der Waals surface area contributed by atoms with Gasteiger partial charge >= 0.3 is 25.6 Å². The molecule has 0 spiro atoms. The standard InChI is InChI=1S/C13H23F3NO6PS2/c1-4-5-6-7-8-21-11(18)9-17(12(19)13(14,15)16)10-24(20,22-25-2)23-26-3/h4-10H2,1-3H3. The Balaban J connectivity index is 4.98. The zero-order valence-corrected chi connectivity index (χ0v) is 17.3. The van der Waals surface area contributed by atoms with Crippen molar-refractivity contribution in [2.45, 2.75) is 38.8 Å². The van der Waals surface area contributed by atoms with E-state index in [0.717, 1.165) is 19.3 Å². The topological polar surface area (TPSA) is 82.1 Å². The second kappa shape index (κ2) is 12.9. The molecule has 26 heavy (non-hydrogen) atoms. The Kier molecular flexibility index (Phi) is 12.7. The van der Waals surface area contributed by atoms with Crippen molar-refractivity contribution < 1.29 is 40.0 Å². The van der Waals surface area contributed by atoms with Gasteiger partial charge in [-0.15, -0.1) is 0 Å². The zero-order chi connectivity index (χ0) is 20.2. The maximum Gasteiger partial charge on any atom is 0.471 e. The molecule has 7 nitrogen and oxygen atoms in total. The smallest absolute Gasteiger partial charge is 0.464 e. The minimum atomic E-state index is -5.25. The van der Waals surface area contributed by atoms with Gasteiger partial charge in [0.15, 0.2) is 0 Å². The van der Waals surface area contributed by atoms with Crippen LogP contribution in [0.3, 0.4) is 0 Å². The van der Waals surface area contributed by atoms with E-state index < -0.39 is 38.5 Å². The summed E-state index contributed by atoms with van der Waals surface area (Å²) < 4.78 is 65.1. The van der Waals surface area contributed by atoms with Crippen LogP contribution >= 0.6 is 31.7 Å². The van der Waals surface area contributed by atoms with Crippen LogP contribution in [0.15, 0.2) is 0 Å². The fraction of sp³-hybridized carbons (Fsp3) is 0.846. The van der Waals surface area contributed by atoms with E-state index >= 15 is 0 Å². The number of nitrogens with zero attached hydrogens (tertiary/aromatic N) is 1. The number of halogens is 3. The molecule has 0 heterocycles. The van der Waals surface area contributed by atoms with Gasteiger partial charge in [-0.1, -0.05) is 26.2 Å². The number of amides is 1. The van der Waals surface area contributed by atoms with E-state index in [1.807, 2.05) is 6.92 Å². The van der Waals surface area contributed by atoms with Gasteiger partial charge in [-0.2, -0.15) is 13.2 Å². The number of rotatable bonds is 13. The first-order chi connectivity index (χ1) is 12.1. The fourth-order valence-corrected chi connectivity index (χ4v) is 4.94. The minimum Gasteiger partial charge on any atom is -0.464 e. The van der Waals surface area contributed by atoms with Crippen LogP contribution < -0.4 is 0 Å². The molecule has 0 aliphatic heterocycles. The molecule has 0 radical (unpaired) electrons. The third-order valence-electron chi connectivity index (χ3n) is 2.83. The van der Waals surface area contributed by atoms with E-state index in [-0.39, 0.29) is 11.5 Å². The summed E-state index contributed by atoms with van der Waals surface area (Å²) in [6, 6.07) is 0. The largest absolute Gasteiger partial charge is 0.471 e. The number of hydrogen-bond acceptors (Lipinski definition) is 8. The molecule has 0 bridgehead atoms. The highest BCUT2D eigenvalue weighted by atomic mass is 32.2. The normalized spacial score (nSPS) is 12.1. The van der Waals surface area contributed by atoms with E-state index in [9.17, 15) is 27.3 Å². The summed E-state index contributed by atoms with van der Waals surface area (Å²) in [5.74, 6) is -3.35. The Morgan fingerprint density at radius 1 is 1.08 bits per heavy atom. The fourth-order valence-electron chi connectivity index (χ4n) is 1.78. The summed E-state index contributed by atoms with van der Waals surface area (Å²) in [7, 11) is -4.07. The molecule has 0 aromatic rings. The maximum atomic E-state index is 12.8. The number of ether oxygens (including phenoxy) is 1. The molecule has 0 saturated heterocycles. The molecule has 0 aliphatic rings. The summed E-state index contributed by atoms with van der Waals surface area (Å²) in [5, 5.41) is 0. The summed E-state index contributed by atoms with van der Waals surface area (Å²) >= 11 is 1.23. The van der Waals surface area contributed by atoms with Crippen molar-refractivity contribution in [1.82, 2.24) is 4.90 Å². The Hall–Kier alpha value is -0.420. The van der Waals surface area contributed by atoms with E-state index in [1.165, 1.54) is 12.5 Å². The Morgan fingerprint density at radius 2 is 1.65 bits per heavy atom. The molecule has 0 aliphatic carbocycles. The summed E-state index contributed by atoms with van der Waals surface area (Å²) in [6.45, 7) is 1.02. The van der Waals surface area contributed by atoms with Crippen LogP contribution in [0.25, 0.3) is 0 Å². The molecule has 0 saturated carbocycles.